The zero-order valence-corrected chi connectivity index (χ0v) is 14.9. The number of aryl methyl sites for hydroxylation is 1. The summed E-state index contributed by atoms with van der Waals surface area (Å²) in [5.74, 6) is -0.755. The van der Waals surface area contributed by atoms with Crippen molar-refractivity contribution in [1.29, 1.82) is 0 Å². The number of pyridine rings is 1. The van der Waals surface area contributed by atoms with E-state index in [1.165, 1.54) is 16.8 Å². The number of aromatic nitrogens is 5. The van der Waals surface area contributed by atoms with Crippen molar-refractivity contribution in [2.24, 2.45) is 0 Å². The Balaban J connectivity index is 1.54. The van der Waals surface area contributed by atoms with E-state index in [0.717, 1.165) is 18.5 Å². The molecule has 0 radical (unpaired) electrons. The predicted octanol–water partition coefficient (Wildman–Crippen LogP) is 3.51. The third-order valence-electron chi connectivity index (χ3n) is 4.55. The summed E-state index contributed by atoms with van der Waals surface area (Å²) >= 11 is 0. The molecule has 13 heteroatoms. The highest BCUT2D eigenvalue weighted by Crippen LogP contribution is 2.33. The van der Waals surface area contributed by atoms with Gasteiger partial charge in [-0.3, -0.25) is 14.5 Å². The number of fused-ring (bicyclic) bond motifs is 1. The second kappa shape index (κ2) is 6.85. The Bertz CT molecular complexity index is 1100. The van der Waals surface area contributed by atoms with Gasteiger partial charge in [0.2, 0.25) is 0 Å². The summed E-state index contributed by atoms with van der Waals surface area (Å²) in [5, 5.41) is 9.97. The number of rotatable bonds is 3. The molecule has 1 amide bonds. The number of halogens is 6. The lowest BCUT2D eigenvalue weighted by atomic mass is 10.1. The van der Waals surface area contributed by atoms with E-state index in [9.17, 15) is 31.1 Å². The Morgan fingerprint density at radius 3 is 2.60 bits per heavy atom. The van der Waals surface area contributed by atoms with Gasteiger partial charge in [0.1, 0.15) is 5.69 Å². The highest BCUT2D eigenvalue weighted by molar-refractivity contribution is 5.94. The van der Waals surface area contributed by atoms with Crippen molar-refractivity contribution in [3.05, 3.63) is 53.7 Å². The van der Waals surface area contributed by atoms with E-state index >= 15 is 0 Å². The molecule has 1 atom stereocenters. The average molecular weight is 430 g/mol. The van der Waals surface area contributed by atoms with Gasteiger partial charge in [0.15, 0.2) is 0 Å². The van der Waals surface area contributed by atoms with Crippen LogP contribution in [0.1, 0.15) is 34.2 Å². The van der Waals surface area contributed by atoms with Crippen LogP contribution in [0.25, 0.3) is 11.3 Å². The molecule has 30 heavy (non-hydrogen) atoms. The molecule has 3 aromatic heterocycles. The summed E-state index contributed by atoms with van der Waals surface area (Å²) < 4.78 is 77.7. The summed E-state index contributed by atoms with van der Waals surface area (Å²) in [5.41, 5.74) is -0.321. The molecule has 158 valence electrons. The molecule has 1 N–H and O–H groups in total. The Morgan fingerprint density at radius 1 is 1.17 bits per heavy atom. The number of alkyl halides is 6. The maximum atomic E-state index is 12.9. The predicted molar refractivity (Wildman–Crippen MR) is 88.8 cm³/mol. The van der Waals surface area contributed by atoms with Gasteiger partial charge in [-0.1, -0.05) is 0 Å². The van der Waals surface area contributed by atoms with E-state index in [0.29, 0.717) is 24.9 Å². The van der Waals surface area contributed by atoms with Crippen LogP contribution >= 0.6 is 0 Å². The lowest BCUT2D eigenvalue weighted by Gasteiger charge is -2.11. The summed E-state index contributed by atoms with van der Waals surface area (Å²) in [4.78, 5) is 15.6. The largest absolute Gasteiger partial charge is 0.504 e. The van der Waals surface area contributed by atoms with Crippen LogP contribution in [0.2, 0.25) is 0 Å². The van der Waals surface area contributed by atoms with Crippen LogP contribution in [0.4, 0.5) is 26.3 Å². The average Bonchev–Trinajstić information content (AvgIpc) is 3.37. The van der Waals surface area contributed by atoms with Crippen LogP contribution in [0.15, 0.2) is 36.8 Å². The first kappa shape index (κ1) is 19.9. The lowest BCUT2D eigenvalue weighted by molar-refractivity contribution is -0.212. The number of hydrogen-bond donors (Lipinski definition) is 1. The minimum atomic E-state index is -4.74. The number of hydrogen-bond acceptors (Lipinski definition) is 4. The Hall–Kier alpha value is -3.38. The summed E-state index contributed by atoms with van der Waals surface area (Å²) in [6.45, 7) is 0.388. The standard InChI is InChI=1S/C17H12F6N6O/c18-16(19,20)14-5-9(1-3-24-14)12-6-13-11(2-4-28(13)27-12)26-15(30)10-7-25-29(8-10)17(21,22)23/h1,3,5-8,11H,2,4H2,(H,26,30). The van der Waals surface area contributed by atoms with Gasteiger partial charge in [0.05, 0.1) is 29.2 Å². The molecule has 0 aliphatic carbocycles. The summed E-state index contributed by atoms with van der Waals surface area (Å²) in [7, 11) is 0. The highest BCUT2D eigenvalue weighted by atomic mass is 19.4. The van der Waals surface area contributed by atoms with Gasteiger partial charge in [-0.25, -0.2) is 0 Å². The quantitative estimate of drug-likeness (QED) is 0.646. The monoisotopic (exact) mass is 430 g/mol. The minimum absolute atomic E-state index is 0.204. The Labute approximate surface area is 164 Å². The second-order valence-corrected chi connectivity index (χ2v) is 6.56. The summed E-state index contributed by atoms with van der Waals surface area (Å²) in [6.07, 6.45) is -6.50. The fraction of sp³-hybridized carbons (Fsp3) is 0.294. The fourth-order valence-corrected chi connectivity index (χ4v) is 3.14. The van der Waals surface area contributed by atoms with E-state index < -0.39 is 30.1 Å². The third kappa shape index (κ3) is 3.74. The van der Waals surface area contributed by atoms with Crippen LogP contribution in [0.3, 0.4) is 0 Å². The van der Waals surface area contributed by atoms with Crippen molar-refractivity contribution in [3.8, 4) is 11.3 Å². The van der Waals surface area contributed by atoms with E-state index in [-0.39, 0.29) is 21.5 Å². The van der Waals surface area contributed by atoms with Crippen molar-refractivity contribution in [2.75, 3.05) is 0 Å². The number of carbonyl (C=O) groups excluding carboxylic acids is 1. The molecular weight excluding hydrogens is 418 g/mol. The number of nitrogens with zero attached hydrogens (tertiary/aromatic N) is 5. The molecular formula is C17H12F6N6O. The molecule has 0 saturated heterocycles. The molecule has 4 heterocycles. The van der Waals surface area contributed by atoms with Gasteiger partial charge >= 0.3 is 12.5 Å². The smallest absolute Gasteiger partial charge is 0.344 e. The lowest BCUT2D eigenvalue weighted by Crippen LogP contribution is -2.27. The van der Waals surface area contributed by atoms with Crippen molar-refractivity contribution >= 4 is 5.91 Å². The SMILES string of the molecule is O=C(NC1CCn2nc(-c3ccnc(C(F)(F)F)c3)cc21)c1cnn(C(F)(F)F)c1. The molecule has 0 fully saturated rings. The first-order valence-corrected chi connectivity index (χ1v) is 8.56. The second-order valence-electron chi connectivity index (χ2n) is 6.56. The van der Waals surface area contributed by atoms with E-state index in [1.54, 1.807) is 0 Å². The van der Waals surface area contributed by atoms with Gasteiger partial charge in [-0.05, 0) is 24.6 Å². The summed E-state index contributed by atoms with van der Waals surface area (Å²) in [6, 6.07) is 3.23. The molecule has 0 bridgehead atoms. The Kier molecular flexibility index (Phi) is 4.55. The van der Waals surface area contributed by atoms with Crippen molar-refractivity contribution in [2.45, 2.75) is 31.5 Å². The number of carbonyl (C=O) groups is 1. The molecule has 0 spiro atoms. The Morgan fingerprint density at radius 2 is 1.93 bits per heavy atom. The molecule has 1 aliphatic rings. The van der Waals surface area contributed by atoms with Crippen molar-refractivity contribution < 1.29 is 31.1 Å². The van der Waals surface area contributed by atoms with Gasteiger partial charge in [0.25, 0.3) is 5.91 Å². The molecule has 0 saturated carbocycles. The molecule has 4 rings (SSSR count). The number of nitrogens with one attached hydrogen (secondary N) is 1. The molecule has 0 aromatic carbocycles. The maximum Gasteiger partial charge on any atom is 0.504 e. The maximum absolute atomic E-state index is 12.9. The zero-order valence-electron chi connectivity index (χ0n) is 14.9. The van der Waals surface area contributed by atoms with Crippen LogP contribution in [-0.4, -0.2) is 30.5 Å². The minimum Gasteiger partial charge on any atom is -0.344 e. The first-order chi connectivity index (χ1) is 14.0. The topological polar surface area (TPSA) is 77.6 Å². The molecule has 7 nitrogen and oxygen atoms in total. The number of amides is 1. The van der Waals surface area contributed by atoms with Crippen molar-refractivity contribution in [1.82, 2.24) is 29.9 Å². The van der Waals surface area contributed by atoms with Crippen molar-refractivity contribution in [3.63, 3.8) is 0 Å². The van der Waals surface area contributed by atoms with Crippen LogP contribution < -0.4 is 5.32 Å². The van der Waals surface area contributed by atoms with Crippen LogP contribution in [0, 0.1) is 0 Å². The third-order valence-corrected chi connectivity index (χ3v) is 4.55. The molecule has 3 aromatic rings. The molecule has 1 unspecified atom stereocenters. The van der Waals surface area contributed by atoms with Crippen LogP contribution in [0.5, 0.6) is 0 Å². The van der Waals surface area contributed by atoms with E-state index in [2.05, 4.69) is 20.5 Å². The normalized spacial score (nSPS) is 16.5. The van der Waals surface area contributed by atoms with Gasteiger partial charge < -0.3 is 5.32 Å². The van der Waals surface area contributed by atoms with Gasteiger partial charge in [0, 0.05) is 24.5 Å². The fourth-order valence-electron chi connectivity index (χ4n) is 3.14. The zero-order chi connectivity index (χ0) is 21.7. The van der Waals surface area contributed by atoms with Gasteiger partial charge in [-0.15, -0.1) is 13.2 Å². The van der Waals surface area contributed by atoms with E-state index in [4.69, 9.17) is 0 Å². The highest BCUT2D eigenvalue weighted by Gasteiger charge is 2.34. The van der Waals surface area contributed by atoms with Gasteiger partial charge in [-0.2, -0.15) is 28.1 Å². The first-order valence-electron chi connectivity index (χ1n) is 8.56. The molecule has 1 aliphatic heterocycles. The van der Waals surface area contributed by atoms with Crippen LogP contribution in [-0.2, 0) is 19.0 Å². The van der Waals surface area contributed by atoms with E-state index in [1.807, 2.05) is 0 Å².